The van der Waals surface area contributed by atoms with Gasteiger partial charge in [0.15, 0.2) is 5.82 Å². The van der Waals surface area contributed by atoms with E-state index in [0.29, 0.717) is 22.9 Å². The van der Waals surface area contributed by atoms with Gasteiger partial charge in [0, 0.05) is 30.4 Å². The number of benzene rings is 1. The van der Waals surface area contributed by atoms with Crippen molar-refractivity contribution in [1.29, 1.82) is 0 Å². The third-order valence-electron chi connectivity index (χ3n) is 5.91. The maximum absolute atomic E-state index is 13.0. The van der Waals surface area contributed by atoms with Crippen molar-refractivity contribution in [3.8, 4) is 11.5 Å². The van der Waals surface area contributed by atoms with Crippen molar-refractivity contribution in [3.05, 3.63) is 72.6 Å². The largest absolute Gasteiger partial charge is 0.357 e. The van der Waals surface area contributed by atoms with Gasteiger partial charge in [-0.2, -0.15) is 0 Å². The first-order valence-corrected chi connectivity index (χ1v) is 11.8. The number of hydrogen-bond donors (Lipinski definition) is 2. The van der Waals surface area contributed by atoms with E-state index in [1.54, 1.807) is 24.5 Å². The molecule has 1 saturated heterocycles. The summed E-state index contributed by atoms with van der Waals surface area (Å²) < 4.78 is 1.94. The van der Waals surface area contributed by atoms with Crippen LogP contribution in [0.5, 0.6) is 0 Å². The molecule has 1 fully saturated rings. The zero-order chi connectivity index (χ0) is 24.2. The second kappa shape index (κ2) is 9.92. The lowest BCUT2D eigenvalue weighted by atomic mass is 10.2. The van der Waals surface area contributed by atoms with Gasteiger partial charge in [-0.25, -0.2) is 9.97 Å². The maximum atomic E-state index is 13.0. The topological polar surface area (TPSA) is 101 Å². The molecule has 35 heavy (non-hydrogen) atoms. The molecule has 1 aliphatic rings. The lowest BCUT2D eigenvalue weighted by molar-refractivity contribution is 0.102. The van der Waals surface area contributed by atoms with E-state index in [1.165, 1.54) is 12.8 Å². The Morgan fingerprint density at radius 2 is 1.71 bits per heavy atom. The van der Waals surface area contributed by atoms with Crippen LogP contribution in [0.2, 0.25) is 0 Å². The summed E-state index contributed by atoms with van der Waals surface area (Å²) >= 11 is 0. The van der Waals surface area contributed by atoms with Gasteiger partial charge in [0.1, 0.15) is 29.5 Å². The molecule has 0 saturated carbocycles. The summed E-state index contributed by atoms with van der Waals surface area (Å²) in [6.07, 6.45) is 4.08. The fraction of sp³-hybridized carbons (Fsp3) is 0.269. The van der Waals surface area contributed by atoms with E-state index in [9.17, 15) is 4.79 Å². The Bertz CT molecular complexity index is 1330. The van der Waals surface area contributed by atoms with Gasteiger partial charge in [-0.05, 0) is 69.2 Å². The monoisotopic (exact) mass is 468 g/mol. The van der Waals surface area contributed by atoms with Crippen molar-refractivity contribution in [2.45, 2.75) is 32.7 Å². The number of carbonyl (C=O) groups is 1. The molecule has 1 aromatic carbocycles. The van der Waals surface area contributed by atoms with Crippen LogP contribution in [-0.2, 0) is 0 Å². The molecule has 4 aromatic rings. The first-order valence-electron chi connectivity index (χ1n) is 11.8. The molecule has 3 aromatic heterocycles. The van der Waals surface area contributed by atoms with Crippen molar-refractivity contribution in [2.75, 3.05) is 28.6 Å². The predicted octanol–water partition coefficient (Wildman–Crippen LogP) is 4.91. The molecule has 4 heterocycles. The van der Waals surface area contributed by atoms with Crippen LogP contribution in [-0.4, -0.2) is 43.7 Å². The number of amides is 1. The molecule has 178 valence electrons. The summed E-state index contributed by atoms with van der Waals surface area (Å²) in [7, 11) is 0. The molecular formula is C26H28N8O. The fourth-order valence-corrected chi connectivity index (χ4v) is 4.12. The van der Waals surface area contributed by atoms with E-state index >= 15 is 0 Å². The number of aromatic nitrogens is 5. The number of pyridine rings is 2. The number of nitrogens with one attached hydrogen (secondary N) is 2. The van der Waals surface area contributed by atoms with Gasteiger partial charge in [-0.1, -0.05) is 18.2 Å². The van der Waals surface area contributed by atoms with Crippen LogP contribution in [0.3, 0.4) is 0 Å². The molecule has 2 N–H and O–H groups in total. The first kappa shape index (κ1) is 22.5. The van der Waals surface area contributed by atoms with Crippen molar-refractivity contribution >= 4 is 29.0 Å². The Labute approximate surface area is 204 Å². The maximum Gasteiger partial charge on any atom is 0.256 e. The average molecular weight is 469 g/mol. The van der Waals surface area contributed by atoms with Gasteiger partial charge in [-0.15, -0.1) is 10.2 Å². The number of hydrogen-bond acceptors (Lipinski definition) is 7. The van der Waals surface area contributed by atoms with Crippen LogP contribution in [0, 0.1) is 0 Å². The summed E-state index contributed by atoms with van der Waals surface area (Å²) in [5.41, 5.74) is 1.95. The third-order valence-corrected chi connectivity index (χ3v) is 5.91. The summed E-state index contributed by atoms with van der Waals surface area (Å²) in [4.78, 5) is 24.6. The zero-order valence-electron chi connectivity index (χ0n) is 19.8. The van der Waals surface area contributed by atoms with E-state index in [1.807, 2.05) is 47.0 Å². The van der Waals surface area contributed by atoms with Gasteiger partial charge in [0.25, 0.3) is 5.91 Å². The first-order chi connectivity index (χ1) is 17.1. The van der Waals surface area contributed by atoms with Gasteiger partial charge in [-0.3, -0.25) is 4.79 Å². The van der Waals surface area contributed by atoms with Crippen molar-refractivity contribution in [3.63, 3.8) is 0 Å². The lowest BCUT2D eigenvalue weighted by Crippen LogP contribution is -2.19. The Balaban J connectivity index is 1.30. The van der Waals surface area contributed by atoms with Crippen molar-refractivity contribution < 1.29 is 4.79 Å². The molecule has 0 bridgehead atoms. The van der Waals surface area contributed by atoms with E-state index in [4.69, 9.17) is 4.98 Å². The van der Waals surface area contributed by atoms with E-state index in [0.717, 1.165) is 30.4 Å². The van der Waals surface area contributed by atoms with E-state index in [2.05, 4.69) is 44.6 Å². The summed E-state index contributed by atoms with van der Waals surface area (Å²) in [6.45, 7) is 6.18. The third kappa shape index (κ3) is 5.13. The van der Waals surface area contributed by atoms with Gasteiger partial charge < -0.3 is 20.1 Å². The Kier molecular flexibility index (Phi) is 6.38. The Morgan fingerprint density at radius 1 is 0.943 bits per heavy atom. The van der Waals surface area contributed by atoms with Gasteiger partial charge >= 0.3 is 0 Å². The standard InChI is InChI=1S/C26H28N8O/c1-18(2)34-17-27-32-25(34)21-10-6-11-23(29-21)31-26(35)19-8-5-9-20(16-19)28-22-12-7-13-24(30-22)33-14-3-4-15-33/h5-13,16-18H,3-4,14-15H2,1-2H3,(H,28,30)(H,29,31,35). The molecule has 9 nitrogen and oxygen atoms in total. The molecule has 1 aliphatic heterocycles. The summed E-state index contributed by atoms with van der Waals surface area (Å²) in [6, 6.07) is 18.9. The number of anilines is 4. The zero-order valence-corrected chi connectivity index (χ0v) is 19.8. The van der Waals surface area contributed by atoms with Crippen LogP contribution in [0.1, 0.15) is 43.1 Å². The second-order valence-electron chi connectivity index (χ2n) is 8.80. The highest BCUT2D eigenvalue weighted by atomic mass is 16.1. The van der Waals surface area contributed by atoms with Crippen LogP contribution in [0.4, 0.5) is 23.1 Å². The average Bonchev–Trinajstić information content (AvgIpc) is 3.57. The van der Waals surface area contributed by atoms with Crippen LogP contribution < -0.4 is 15.5 Å². The van der Waals surface area contributed by atoms with Gasteiger partial charge in [0.2, 0.25) is 0 Å². The van der Waals surface area contributed by atoms with Gasteiger partial charge in [0.05, 0.1) is 0 Å². The molecule has 0 radical (unpaired) electrons. The highest BCUT2D eigenvalue weighted by Gasteiger charge is 2.15. The smallest absolute Gasteiger partial charge is 0.256 e. The highest BCUT2D eigenvalue weighted by Crippen LogP contribution is 2.23. The number of nitrogens with zero attached hydrogens (tertiary/aromatic N) is 6. The second-order valence-corrected chi connectivity index (χ2v) is 8.80. The number of rotatable bonds is 7. The normalized spacial score (nSPS) is 13.3. The highest BCUT2D eigenvalue weighted by molar-refractivity contribution is 6.04. The molecule has 9 heteroatoms. The van der Waals surface area contributed by atoms with Crippen LogP contribution >= 0.6 is 0 Å². The molecular weight excluding hydrogens is 440 g/mol. The summed E-state index contributed by atoms with van der Waals surface area (Å²) in [5, 5.41) is 14.4. The molecule has 1 amide bonds. The molecule has 0 unspecified atom stereocenters. The Hall–Kier alpha value is -4.27. The van der Waals surface area contributed by atoms with Crippen LogP contribution in [0.25, 0.3) is 11.5 Å². The fourth-order valence-electron chi connectivity index (χ4n) is 4.12. The number of carbonyl (C=O) groups excluding carboxylic acids is 1. The van der Waals surface area contributed by atoms with Crippen molar-refractivity contribution in [2.24, 2.45) is 0 Å². The molecule has 0 aliphatic carbocycles. The minimum atomic E-state index is -0.248. The minimum Gasteiger partial charge on any atom is -0.357 e. The molecule has 5 rings (SSSR count). The SMILES string of the molecule is CC(C)n1cnnc1-c1cccc(NC(=O)c2cccc(Nc3cccc(N4CCCC4)n3)c2)n1. The Morgan fingerprint density at radius 3 is 2.54 bits per heavy atom. The van der Waals surface area contributed by atoms with Crippen molar-refractivity contribution in [1.82, 2.24) is 24.7 Å². The van der Waals surface area contributed by atoms with Crippen LogP contribution in [0.15, 0.2) is 67.0 Å². The quantitative estimate of drug-likeness (QED) is 0.397. The van der Waals surface area contributed by atoms with E-state index < -0.39 is 0 Å². The molecule has 0 spiro atoms. The minimum absolute atomic E-state index is 0.195. The summed E-state index contributed by atoms with van der Waals surface area (Å²) in [5.74, 6) is 2.58. The van der Waals surface area contributed by atoms with E-state index in [-0.39, 0.29) is 11.9 Å². The lowest BCUT2D eigenvalue weighted by Gasteiger charge is -2.17. The molecule has 0 atom stereocenters. The predicted molar refractivity (Wildman–Crippen MR) is 137 cm³/mol.